The van der Waals surface area contributed by atoms with Crippen molar-refractivity contribution in [1.29, 1.82) is 5.26 Å². The summed E-state index contributed by atoms with van der Waals surface area (Å²) in [6.07, 6.45) is 0.946. The van der Waals surface area contributed by atoms with Gasteiger partial charge < -0.3 is 10.6 Å². The second kappa shape index (κ2) is 8.11. The van der Waals surface area contributed by atoms with Gasteiger partial charge in [-0.25, -0.2) is 9.97 Å². The third kappa shape index (κ3) is 4.67. The van der Waals surface area contributed by atoms with Gasteiger partial charge in [0.05, 0.1) is 11.6 Å². The Kier molecular flexibility index (Phi) is 5.43. The van der Waals surface area contributed by atoms with E-state index in [-0.39, 0.29) is 11.6 Å². The predicted molar refractivity (Wildman–Crippen MR) is 105 cm³/mol. The monoisotopic (exact) mass is 357 g/mol. The van der Waals surface area contributed by atoms with Crippen molar-refractivity contribution >= 4 is 23.1 Å². The summed E-state index contributed by atoms with van der Waals surface area (Å²) < 4.78 is 0. The Morgan fingerprint density at radius 1 is 1.07 bits per heavy atom. The predicted octanol–water partition coefficient (Wildman–Crippen LogP) is 4.22. The first kappa shape index (κ1) is 18.1. The summed E-state index contributed by atoms with van der Waals surface area (Å²) in [7, 11) is 0. The average Bonchev–Trinajstić information content (AvgIpc) is 2.68. The maximum Gasteiger partial charge on any atom is 0.274 e. The van der Waals surface area contributed by atoms with E-state index in [4.69, 9.17) is 5.26 Å². The molecule has 134 valence electrons. The van der Waals surface area contributed by atoms with Crippen LogP contribution in [0.5, 0.6) is 0 Å². The zero-order chi connectivity index (χ0) is 19.2. The van der Waals surface area contributed by atoms with Crippen LogP contribution in [-0.4, -0.2) is 15.9 Å². The van der Waals surface area contributed by atoms with Gasteiger partial charge in [-0.05, 0) is 49.2 Å². The molecule has 3 rings (SSSR count). The highest BCUT2D eigenvalue weighted by Gasteiger charge is 2.11. The number of anilines is 3. The summed E-state index contributed by atoms with van der Waals surface area (Å²) in [4.78, 5) is 21.1. The molecule has 27 heavy (non-hydrogen) atoms. The van der Waals surface area contributed by atoms with Gasteiger partial charge in [0.25, 0.3) is 5.91 Å². The highest BCUT2D eigenvalue weighted by atomic mass is 16.1. The molecular formula is C21H19N5O. The number of nitriles is 1. The Morgan fingerprint density at radius 3 is 2.56 bits per heavy atom. The molecule has 3 aromatic rings. The molecule has 0 bridgehead atoms. The van der Waals surface area contributed by atoms with E-state index in [0.717, 1.165) is 6.42 Å². The number of nitrogens with zero attached hydrogens (tertiary/aromatic N) is 3. The van der Waals surface area contributed by atoms with E-state index in [1.54, 1.807) is 31.2 Å². The van der Waals surface area contributed by atoms with Gasteiger partial charge in [-0.2, -0.15) is 5.26 Å². The van der Waals surface area contributed by atoms with Crippen LogP contribution >= 0.6 is 0 Å². The van der Waals surface area contributed by atoms with Gasteiger partial charge in [-0.1, -0.05) is 25.1 Å². The van der Waals surface area contributed by atoms with Crippen LogP contribution in [0.1, 0.15) is 34.4 Å². The number of rotatable bonds is 5. The van der Waals surface area contributed by atoms with E-state index in [0.29, 0.717) is 28.6 Å². The van der Waals surface area contributed by atoms with E-state index in [9.17, 15) is 4.79 Å². The average molecular weight is 357 g/mol. The van der Waals surface area contributed by atoms with Crippen molar-refractivity contribution in [3.63, 3.8) is 0 Å². The molecule has 0 unspecified atom stereocenters. The molecule has 0 aliphatic rings. The number of aromatic nitrogens is 2. The molecule has 0 aliphatic heterocycles. The lowest BCUT2D eigenvalue weighted by atomic mass is 10.1. The Bertz CT molecular complexity index is 1010. The van der Waals surface area contributed by atoms with Crippen molar-refractivity contribution in [2.24, 2.45) is 0 Å². The second-order valence-corrected chi connectivity index (χ2v) is 6.01. The van der Waals surface area contributed by atoms with Gasteiger partial charge in [0.1, 0.15) is 17.3 Å². The molecule has 0 radical (unpaired) electrons. The van der Waals surface area contributed by atoms with Crippen LogP contribution in [0.25, 0.3) is 0 Å². The van der Waals surface area contributed by atoms with E-state index in [1.807, 2.05) is 30.3 Å². The van der Waals surface area contributed by atoms with Crippen molar-refractivity contribution in [2.75, 3.05) is 10.6 Å². The molecule has 2 aromatic carbocycles. The van der Waals surface area contributed by atoms with Crippen molar-refractivity contribution < 1.29 is 4.79 Å². The minimum Gasteiger partial charge on any atom is -0.340 e. The number of amides is 1. The van der Waals surface area contributed by atoms with Crippen molar-refractivity contribution in [3.8, 4) is 6.07 Å². The molecule has 1 heterocycles. The molecule has 6 nitrogen and oxygen atoms in total. The van der Waals surface area contributed by atoms with Gasteiger partial charge >= 0.3 is 0 Å². The van der Waals surface area contributed by atoms with Crippen LogP contribution in [0.2, 0.25) is 0 Å². The van der Waals surface area contributed by atoms with E-state index in [2.05, 4.69) is 33.6 Å². The summed E-state index contributed by atoms with van der Waals surface area (Å²) in [6.45, 7) is 3.81. The summed E-state index contributed by atoms with van der Waals surface area (Å²) in [5.41, 5.74) is 3.44. The first-order valence-electron chi connectivity index (χ1n) is 8.60. The third-order valence-electron chi connectivity index (χ3n) is 3.95. The number of carbonyl (C=O) groups excluding carboxylic acids is 1. The lowest BCUT2D eigenvalue weighted by molar-refractivity contribution is 0.102. The Balaban J connectivity index is 1.79. The number of carbonyl (C=O) groups is 1. The molecule has 6 heteroatoms. The largest absolute Gasteiger partial charge is 0.340 e. The quantitative estimate of drug-likeness (QED) is 0.713. The second-order valence-electron chi connectivity index (χ2n) is 6.01. The van der Waals surface area contributed by atoms with Gasteiger partial charge in [-0.15, -0.1) is 0 Å². The Hall–Kier alpha value is -3.72. The fraction of sp³-hybridized carbons (Fsp3) is 0.143. The highest BCUT2D eigenvalue weighted by molar-refractivity contribution is 6.03. The summed E-state index contributed by atoms with van der Waals surface area (Å²) in [5, 5.41) is 15.0. The van der Waals surface area contributed by atoms with Crippen LogP contribution in [0.3, 0.4) is 0 Å². The smallest absolute Gasteiger partial charge is 0.274 e. The lowest BCUT2D eigenvalue weighted by Crippen LogP contribution is -2.15. The van der Waals surface area contributed by atoms with Gasteiger partial charge in [0.2, 0.25) is 0 Å². The van der Waals surface area contributed by atoms with Crippen molar-refractivity contribution in [3.05, 3.63) is 77.2 Å². The molecular weight excluding hydrogens is 338 g/mol. The third-order valence-corrected chi connectivity index (χ3v) is 3.95. The van der Waals surface area contributed by atoms with Crippen molar-refractivity contribution in [1.82, 2.24) is 9.97 Å². The molecule has 1 aromatic heterocycles. The Morgan fingerprint density at radius 2 is 1.85 bits per heavy atom. The highest BCUT2D eigenvalue weighted by Crippen LogP contribution is 2.18. The molecule has 1 amide bonds. The number of aryl methyl sites for hydroxylation is 2. The fourth-order valence-electron chi connectivity index (χ4n) is 2.58. The van der Waals surface area contributed by atoms with Gasteiger partial charge in [0, 0.05) is 17.4 Å². The zero-order valence-electron chi connectivity index (χ0n) is 15.2. The summed E-state index contributed by atoms with van der Waals surface area (Å²) >= 11 is 0. The molecule has 2 N–H and O–H groups in total. The number of hydrogen-bond donors (Lipinski definition) is 2. The summed E-state index contributed by atoms with van der Waals surface area (Å²) in [6, 6.07) is 18.4. The zero-order valence-corrected chi connectivity index (χ0v) is 15.2. The number of benzene rings is 2. The normalized spacial score (nSPS) is 10.1. The van der Waals surface area contributed by atoms with E-state index in [1.165, 1.54) is 5.56 Å². The minimum absolute atomic E-state index is 0.265. The van der Waals surface area contributed by atoms with Crippen LogP contribution in [-0.2, 0) is 6.42 Å². The van der Waals surface area contributed by atoms with E-state index < -0.39 is 0 Å². The first-order valence-corrected chi connectivity index (χ1v) is 8.60. The standard InChI is InChI=1S/C21H19N5O/c1-3-15-7-9-17(10-8-15)26-21(27)19-12-20(24-14(2)23-19)25-18-6-4-5-16(11-18)13-22/h4-12H,3H2,1-2H3,(H,26,27)(H,23,24,25). The van der Waals surface area contributed by atoms with Crippen LogP contribution in [0.15, 0.2) is 54.6 Å². The maximum atomic E-state index is 12.6. The number of hydrogen-bond acceptors (Lipinski definition) is 5. The Labute approximate surface area is 157 Å². The molecule has 0 fully saturated rings. The molecule has 0 saturated heterocycles. The fourth-order valence-corrected chi connectivity index (χ4v) is 2.58. The van der Waals surface area contributed by atoms with Crippen LogP contribution in [0.4, 0.5) is 17.2 Å². The van der Waals surface area contributed by atoms with Crippen LogP contribution < -0.4 is 10.6 Å². The molecule has 0 atom stereocenters. The van der Waals surface area contributed by atoms with E-state index >= 15 is 0 Å². The molecule has 0 spiro atoms. The number of nitrogens with one attached hydrogen (secondary N) is 2. The van der Waals surface area contributed by atoms with Gasteiger partial charge in [0.15, 0.2) is 0 Å². The SMILES string of the molecule is CCc1ccc(NC(=O)c2cc(Nc3cccc(C#N)c3)nc(C)n2)cc1. The molecule has 0 saturated carbocycles. The maximum absolute atomic E-state index is 12.6. The topological polar surface area (TPSA) is 90.7 Å². The van der Waals surface area contributed by atoms with Crippen molar-refractivity contribution in [2.45, 2.75) is 20.3 Å². The lowest BCUT2D eigenvalue weighted by Gasteiger charge is -2.10. The minimum atomic E-state index is -0.307. The molecule has 0 aliphatic carbocycles. The van der Waals surface area contributed by atoms with Crippen LogP contribution in [0, 0.1) is 18.3 Å². The summed E-state index contributed by atoms with van der Waals surface area (Å²) in [5.74, 6) is 0.658. The first-order chi connectivity index (χ1) is 13.1. The van der Waals surface area contributed by atoms with Gasteiger partial charge in [-0.3, -0.25) is 4.79 Å².